The van der Waals surface area contributed by atoms with Crippen LogP contribution < -0.4 is 0 Å². The molecule has 0 N–H and O–H groups in total. The average molecular weight is 265 g/mol. The molecule has 0 aliphatic heterocycles. The van der Waals surface area contributed by atoms with E-state index in [1.807, 2.05) is 0 Å². The van der Waals surface area contributed by atoms with E-state index in [-0.39, 0.29) is 16.7 Å². The van der Waals surface area contributed by atoms with Gasteiger partial charge < -0.3 is 0 Å². The lowest BCUT2D eigenvalue weighted by Crippen LogP contribution is -2.07. The molecule has 1 nitrogen and oxygen atoms in total. The predicted molar refractivity (Wildman–Crippen MR) is 61.6 cm³/mol. The van der Waals surface area contributed by atoms with Gasteiger partial charge in [0.1, 0.15) is 5.82 Å². The number of nitrogens with zero attached hydrogens (tertiary/aromatic N) is 1. The SMILES string of the molecule is N#Cc1ccc(-c2ccccc2C(F)(F)F)c(F)c1. The maximum absolute atomic E-state index is 13.8. The normalized spacial score (nSPS) is 11.1. The van der Waals surface area contributed by atoms with E-state index >= 15 is 0 Å². The number of hydrogen-bond donors (Lipinski definition) is 0. The summed E-state index contributed by atoms with van der Waals surface area (Å²) >= 11 is 0. The van der Waals surface area contributed by atoms with Crippen molar-refractivity contribution in [1.29, 1.82) is 5.26 Å². The van der Waals surface area contributed by atoms with Crippen LogP contribution in [-0.4, -0.2) is 0 Å². The van der Waals surface area contributed by atoms with Crippen molar-refractivity contribution in [2.24, 2.45) is 0 Å². The zero-order valence-corrected chi connectivity index (χ0v) is 9.50. The van der Waals surface area contributed by atoms with Crippen molar-refractivity contribution in [3.05, 3.63) is 59.4 Å². The average Bonchev–Trinajstić information content (AvgIpc) is 2.37. The Balaban J connectivity index is 2.64. The second-order valence-electron chi connectivity index (χ2n) is 3.85. The summed E-state index contributed by atoms with van der Waals surface area (Å²) in [6, 6.07) is 9.86. The van der Waals surface area contributed by atoms with Crippen molar-refractivity contribution in [2.75, 3.05) is 0 Å². The first-order valence-electron chi connectivity index (χ1n) is 5.29. The van der Waals surface area contributed by atoms with Crippen LogP contribution >= 0.6 is 0 Å². The minimum atomic E-state index is -4.56. The summed E-state index contributed by atoms with van der Waals surface area (Å²) in [4.78, 5) is 0. The van der Waals surface area contributed by atoms with Gasteiger partial charge in [0.15, 0.2) is 0 Å². The van der Waals surface area contributed by atoms with Crippen molar-refractivity contribution in [3.8, 4) is 17.2 Å². The molecule has 19 heavy (non-hydrogen) atoms. The van der Waals surface area contributed by atoms with Gasteiger partial charge in [0, 0.05) is 5.56 Å². The molecule has 2 rings (SSSR count). The predicted octanol–water partition coefficient (Wildman–Crippen LogP) is 4.38. The van der Waals surface area contributed by atoms with Crippen LogP contribution in [0.3, 0.4) is 0 Å². The number of nitriles is 1. The fraction of sp³-hybridized carbons (Fsp3) is 0.0714. The van der Waals surface area contributed by atoms with Crippen LogP contribution in [0.5, 0.6) is 0 Å². The van der Waals surface area contributed by atoms with E-state index in [1.165, 1.54) is 30.3 Å². The van der Waals surface area contributed by atoms with Gasteiger partial charge in [-0.25, -0.2) is 4.39 Å². The van der Waals surface area contributed by atoms with Gasteiger partial charge >= 0.3 is 6.18 Å². The Morgan fingerprint density at radius 3 is 2.21 bits per heavy atom. The number of rotatable bonds is 1. The quantitative estimate of drug-likeness (QED) is 0.702. The second-order valence-corrected chi connectivity index (χ2v) is 3.85. The summed E-state index contributed by atoms with van der Waals surface area (Å²) < 4.78 is 52.3. The minimum absolute atomic E-state index is 0.0609. The Bertz CT molecular complexity index is 653. The fourth-order valence-corrected chi connectivity index (χ4v) is 1.77. The summed E-state index contributed by atoms with van der Waals surface area (Å²) in [5.41, 5.74) is -1.26. The fourth-order valence-electron chi connectivity index (χ4n) is 1.77. The molecule has 0 bridgehead atoms. The molecule has 0 unspecified atom stereocenters. The van der Waals surface area contributed by atoms with Crippen molar-refractivity contribution in [3.63, 3.8) is 0 Å². The van der Waals surface area contributed by atoms with Gasteiger partial charge in [0.2, 0.25) is 0 Å². The summed E-state index contributed by atoms with van der Waals surface area (Å²) in [7, 11) is 0. The van der Waals surface area contributed by atoms with Gasteiger partial charge in [-0.15, -0.1) is 0 Å². The molecule has 0 aromatic heterocycles. The van der Waals surface area contributed by atoms with E-state index in [0.717, 1.165) is 12.1 Å². The topological polar surface area (TPSA) is 23.8 Å². The number of hydrogen-bond acceptors (Lipinski definition) is 1. The molecule has 0 amide bonds. The number of alkyl halides is 3. The molecule has 0 fully saturated rings. The Hall–Kier alpha value is -2.35. The molecule has 2 aromatic rings. The zero-order valence-electron chi connectivity index (χ0n) is 9.50. The highest BCUT2D eigenvalue weighted by atomic mass is 19.4. The molecule has 0 aliphatic rings. The van der Waals surface area contributed by atoms with Crippen molar-refractivity contribution in [1.82, 2.24) is 0 Å². The van der Waals surface area contributed by atoms with Crippen molar-refractivity contribution >= 4 is 0 Å². The summed E-state index contributed by atoms with van der Waals surface area (Å²) in [5, 5.41) is 8.61. The first-order chi connectivity index (χ1) is 8.93. The monoisotopic (exact) mass is 265 g/mol. The molecule has 0 atom stereocenters. The van der Waals surface area contributed by atoms with Crippen molar-refractivity contribution < 1.29 is 17.6 Å². The number of benzene rings is 2. The Labute approximate surface area is 106 Å². The second kappa shape index (κ2) is 4.73. The molecule has 0 radical (unpaired) electrons. The van der Waals surface area contributed by atoms with Gasteiger partial charge in [0.05, 0.1) is 17.2 Å². The van der Waals surface area contributed by atoms with Crippen LogP contribution in [0.25, 0.3) is 11.1 Å². The summed E-state index contributed by atoms with van der Waals surface area (Å²) in [6.45, 7) is 0. The van der Waals surface area contributed by atoms with Crippen LogP contribution in [0.4, 0.5) is 17.6 Å². The van der Waals surface area contributed by atoms with E-state index in [2.05, 4.69) is 0 Å². The van der Waals surface area contributed by atoms with Crippen LogP contribution in [0.15, 0.2) is 42.5 Å². The van der Waals surface area contributed by atoms with Crippen LogP contribution in [0.2, 0.25) is 0 Å². The van der Waals surface area contributed by atoms with Gasteiger partial charge in [-0.3, -0.25) is 0 Å². The molecule has 0 aliphatic carbocycles. The highest BCUT2D eigenvalue weighted by Crippen LogP contribution is 2.37. The molecule has 2 aromatic carbocycles. The lowest BCUT2D eigenvalue weighted by molar-refractivity contribution is -0.137. The van der Waals surface area contributed by atoms with Gasteiger partial charge in [0.25, 0.3) is 0 Å². The Morgan fingerprint density at radius 2 is 1.63 bits per heavy atom. The molecule has 0 saturated carbocycles. The number of halogens is 4. The smallest absolute Gasteiger partial charge is 0.206 e. The van der Waals surface area contributed by atoms with E-state index in [1.54, 1.807) is 6.07 Å². The third-order valence-electron chi connectivity index (χ3n) is 2.62. The highest BCUT2D eigenvalue weighted by Gasteiger charge is 2.33. The van der Waals surface area contributed by atoms with Crippen LogP contribution in [0, 0.1) is 17.1 Å². The van der Waals surface area contributed by atoms with Crippen LogP contribution in [-0.2, 0) is 6.18 Å². The highest BCUT2D eigenvalue weighted by molar-refractivity contribution is 5.69. The van der Waals surface area contributed by atoms with Gasteiger partial charge in [-0.1, -0.05) is 24.3 Å². The van der Waals surface area contributed by atoms with Gasteiger partial charge in [-0.05, 0) is 23.8 Å². The summed E-state index contributed by atoms with van der Waals surface area (Å²) in [5.74, 6) is -0.851. The molecule has 5 heteroatoms. The van der Waals surface area contributed by atoms with Gasteiger partial charge in [-0.2, -0.15) is 18.4 Å². The van der Waals surface area contributed by atoms with E-state index in [0.29, 0.717) is 0 Å². The van der Waals surface area contributed by atoms with Crippen LogP contribution in [0.1, 0.15) is 11.1 Å². The molecule has 0 spiro atoms. The van der Waals surface area contributed by atoms with Crippen molar-refractivity contribution in [2.45, 2.75) is 6.18 Å². The molecule has 96 valence electrons. The minimum Gasteiger partial charge on any atom is -0.206 e. The maximum Gasteiger partial charge on any atom is 0.417 e. The first-order valence-corrected chi connectivity index (χ1v) is 5.29. The largest absolute Gasteiger partial charge is 0.417 e. The van der Waals surface area contributed by atoms with E-state index in [9.17, 15) is 17.6 Å². The third-order valence-corrected chi connectivity index (χ3v) is 2.62. The standard InChI is InChI=1S/C14H7F4N/c15-13-7-9(8-19)5-6-11(13)10-3-1-2-4-12(10)14(16,17)18/h1-7H. The lowest BCUT2D eigenvalue weighted by Gasteiger charge is -2.13. The first kappa shape index (κ1) is 13.1. The molecule has 0 saturated heterocycles. The Morgan fingerprint density at radius 1 is 0.947 bits per heavy atom. The molecular formula is C14H7F4N. The summed E-state index contributed by atoms with van der Waals surface area (Å²) in [6.07, 6.45) is -4.56. The maximum atomic E-state index is 13.8. The van der Waals surface area contributed by atoms with E-state index < -0.39 is 17.6 Å². The zero-order chi connectivity index (χ0) is 14.0. The lowest BCUT2D eigenvalue weighted by atomic mass is 9.98. The van der Waals surface area contributed by atoms with E-state index in [4.69, 9.17) is 5.26 Å². The molecular weight excluding hydrogens is 258 g/mol. The third kappa shape index (κ3) is 2.58. The Kier molecular flexibility index (Phi) is 3.26. The molecule has 0 heterocycles.